The molecule has 0 aliphatic carbocycles. The number of aromatic nitrogens is 2. The highest BCUT2D eigenvalue weighted by Gasteiger charge is 2.31. The molecule has 2 aromatic carbocycles. The van der Waals surface area contributed by atoms with Gasteiger partial charge in [-0.25, -0.2) is 4.98 Å². The fraction of sp³-hybridized carbons (Fsp3) is 0.304. The molecule has 0 bridgehead atoms. The van der Waals surface area contributed by atoms with E-state index in [2.05, 4.69) is 30.5 Å². The number of rotatable bonds is 7. The molecule has 0 amide bonds. The monoisotopic (exact) mass is 480 g/mol. The lowest BCUT2D eigenvalue weighted by molar-refractivity contribution is -0.274. The maximum atomic E-state index is 13.0. The fourth-order valence-electron chi connectivity index (χ4n) is 2.71. The average molecular weight is 481 g/mol. The van der Waals surface area contributed by atoms with E-state index in [1.807, 2.05) is 0 Å². The van der Waals surface area contributed by atoms with Gasteiger partial charge in [0.1, 0.15) is 5.75 Å². The summed E-state index contributed by atoms with van der Waals surface area (Å²) in [5, 5.41) is 0.161. The first-order valence-electron chi connectivity index (χ1n) is 9.88. The maximum Gasteiger partial charge on any atom is 0.573 e. The van der Waals surface area contributed by atoms with Crippen LogP contribution in [-0.4, -0.2) is 29.6 Å². The molecule has 10 heteroatoms. The van der Waals surface area contributed by atoms with Gasteiger partial charge in [0.05, 0.1) is 19.4 Å². The van der Waals surface area contributed by atoms with Crippen molar-refractivity contribution in [3.63, 3.8) is 0 Å². The summed E-state index contributed by atoms with van der Waals surface area (Å²) in [4.78, 5) is 17.7. The summed E-state index contributed by atoms with van der Waals surface area (Å²) in [6.07, 6.45) is -1.77. The minimum Gasteiger partial charge on any atom is -0.493 e. The van der Waals surface area contributed by atoms with Crippen molar-refractivity contribution >= 4 is 11.8 Å². The number of alkyl halides is 3. The van der Waals surface area contributed by atoms with E-state index in [-0.39, 0.29) is 21.7 Å². The lowest BCUT2D eigenvalue weighted by atomic mass is 9.99. The standard InChI is InChI=1S/C23H23F3N2O4S/c1-22(2,3)14-31-18-10-5-15(13-19(18)30-4)28-12-11-27-20(21(28)29)33-17-8-6-16(7-9-17)32-23(24,25)26/h5-13H,14H2,1-4H3. The quantitative estimate of drug-likeness (QED) is 0.431. The molecule has 1 aromatic heterocycles. The Bertz CT molecular complexity index is 1160. The van der Waals surface area contributed by atoms with Crippen molar-refractivity contribution in [1.29, 1.82) is 0 Å². The molecule has 0 N–H and O–H groups in total. The van der Waals surface area contributed by atoms with E-state index in [1.165, 1.54) is 48.3 Å². The molecule has 0 aliphatic heterocycles. The van der Waals surface area contributed by atoms with Gasteiger partial charge >= 0.3 is 6.36 Å². The Balaban J connectivity index is 1.83. The van der Waals surface area contributed by atoms with Crippen LogP contribution < -0.4 is 19.8 Å². The fourth-order valence-corrected chi connectivity index (χ4v) is 3.50. The van der Waals surface area contributed by atoms with Crippen molar-refractivity contribution < 1.29 is 27.4 Å². The Hall–Kier alpha value is -3.14. The van der Waals surface area contributed by atoms with Crippen LogP contribution in [0, 0.1) is 5.41 Å². The molecule has 3 aromatic rings. The lowest BCUT2D eigenvalue weighted by Crippen LogP contribution is -2.20. The van der Waals surface area contributed by atoms with Crippen LogP contribution in [0.4, 0.5) is 13.2 Å². The van der Waals surface area contributed by atoms with Crippen molar-refractivity contribution in [3.05, 3.63) is 65.2 Å². The average Bonchev–Trinajstić information content (AvgIpc) is 2.73. The number of nitrogens with zero attached hydrogens (tertiary/aromatic N) is 2. The van der Waals surface area contributed by atoms with Crippen molar-refractivity contribution in [2.24, 2.45) is 5.41 Å². The topological polar surface area (TPSA) is 62.6 Å². The van der Waals surface area contributed by atoms with Gasteiger partial charge in [0.25, 0.3) is 5.56 Å². The summed E-state index contributed by atoms with van der Waals surface area (Å²) < 4.78 is 53.5. The van der Waals surface area contributed by atoms with Gasteiger partial charge in [-0.1, -0.05) is 32.5 Å². The minimum atomic E-state index is -4.77. The van der Waals surface area contributed by atoms with E-state index in [0.29, 0.717) is 28.7 Å². The van der Waals surface area contributed by atoms with E-state index < -0.39 is 6.36 Å². The smallest absolute Gasteiger partial charge is 0.493 e. The van der Waals surface area contributed by atoms with Crippen LogP contribution >= 0.6 is 11.8 Å². The molecule has 0 saturated heterocycles. The first-order valence-corrected chi connectivity index (χ1v) is 10.7. The Kier molecular flexibility index (Phi) is 7.26. The molecule has 0 radical (unpaired) electrons. The molecular formula is C23H23F3N2O4S. The van der Waals surface area contributed by atoms with E-state index in [4.69, 9.17) is 9.47 Å². The zero-order valence-corrected chi connectivity index (χ0v) is 19.3. The second-order valence-electron chi connectivity index (χ2n) is 8.21. The van der Waals surface area contributed by atoms with Gasteiger partial charge in [0.15, 0.2) is 16.5 Å². The van der Waals surface area contributed by atoms with Crippen LogP contribution in [-0.2, 0) is 0 Å². The molecule has 0 saturated carbocycles. The summed E-state index contributed by atoms with van der Waals surface area (Å²) in [5.74, 6) is 0.704. The van der Waals surface area contributed by atoms with Crippen molar-refractivity contribution in [2.75, 3.05) is 13.7 Å². The highest BCUT2D eigenvalue weighted by atomic mass is 32.2. The van der Waals surface area contributed by atoms with Gasteiger partial charge in [0.2, 0.25) is 0 Å². The number of halogens is 3. The van der Waals surface area contributed by atoms with Gasteiger partial charge in [-0.3, -0.25) is 9.36 Å². The maximum absolute atomic E-state index is 13.0. The molecular weight excluding hydrogens is 457 g/mol. The highest BCUT2D eigenvalue weighted by Crippen LogP contribution is 2.32. The van der Waals surface area contributed by atoms with E-state index in [9.17, 15) is 18.0 Å². The summed E-state index contributed by atoms with van der Waals surface area (Å²) in [5.41, 5.74) is 0.135. The van der Waals surface area contributed by atoms with Crippen molar-refractivity contribution in [2.45, 2.75) is 37.1 Å². The predicted octanol–water partition coefficient (Wildman–Crippen LogP) is 5.72. The number of hydrogen-bond acceptors (Lipinski definition) is 6. The van der Waals surface area contributed by atoms with Crippen molar-refractivity contribution in [3.8, 4) is 22.9 Å². The summed E-state index contributed by atoms with van der Waals surface area (Å²) >= 11 is 1.04. The molecule has 1 heterocycles. The zero-order chi connectivity index (χ0) is 24.2. The van der Waals surface area contributed by atoms with Crippen LogP contribution in [0.15, 0.2) is 69.6 Å². The van der Waals surface area contributed by atoms with Crippen LogP contribution in [0.5, 0.6) is 17.2 Å². The Morgan fingerprint density at radius 1 is 1.03 bits per heavy atom. The molecule has 6 nitrogen and oxygen atoms in total. The molecule has 176 valence electrons. The number of hydrogen-bond donors (Lipinski definition) is 0. The van der Waals surface area contributed by atoms with E-state index >= 15 is 0 Å². The van der Waals surface area contributed by atoms with Gasteiger partial charge in [-0.2, -0.15) is 0 Å². The van der Waals surface area contributed by atoms with Crippen LogP contribution in [0.3, 0.4) is 0 Å². The Morgan fingerprint density at radius 2 is 1.73 bits per heavy atom. The molecule has 33 heavy (non-hydrogen) atoms. The van der Waals surface area contributed by atoms with Crippen molar-refractivity contribution in [1.82, 2.24) is 9.55 Å². The first kappa shape index (κ1) is 24.5. The predicted molar refractivity (Wildman–Crippen MR) is 119 cm³/mol. The molecule has 0 fully saturated rings. The Morgan fingerprint density at radius 3 is 2.33 bits per heavy atom. The number of methoxy groups -OCH3 is 1. The van der Waals surface area contributed by atoms with Crippen LogP contribution in [0.1, 0.15) is 20.8 Å². The highest BCUT2D eigenvalue weighted by molar-refractivity contribution is 7.99. The third kappa shape index (κ3) is 6.92. The number of benzene rings is 2. The van der Waals surface area contributed by atoms with E-state index in [0.717, 1.165) is 11.8 Å². The SMILES string of the molecule is COc1cc(-n2ccnc(Sc3ccc(OC(F)(F)F)cc3)c2=O)ccc1OCC(C)(C)C. The first-order chi connectivity index (χ1) is 15.4. The molecule has 0 spiro atoms. The molecule has 0 aliphatic rings. The Labute approximate surface area is 193 Å². The summed E-state index contributed by atoms with van der Waals surface area (Å²) in [6.45, 7) is 6.66. The van der Waals surface area contributed by atoms with Gasteiger partial charge in [-0.15, -0.1) is 13.2 Å². The molecule has 0 atom stereocenters. The van der Waals surface area contributed by atoms with Crippen LogP contribution in [0.2, 0.25) is 0 Å². The van der Waals surface area contributed by atoms with Crippen LogP contribution in [0.25, 0.3) is 5.69 Å². The third-order valence-electron chi connectivity index (χ3n) is 4.17. The van der Waals surface area contributed by atoms with E-state index in [1.54, 1.807) is 18.2 Å². The second-order valence-corrected chi connectivity index (χ2v) is 9.28. The zero-order valence-electron chi connectivity index (χ0n) is 18.5. The summed E-state index contributed by atoms with van der Waals surface area (Å²) in [7, 11) is 1.52. The summed E-state index contributed by atoms with van der Waals surface area (Å²) in [6, 6.07) is 10.4. The molecule has 3 rings (SSSR count). The molecule has 0 unspecified atom stereocenters. The third-order valence-corrected chi connectivity index (χ3v) is 5.15. The largest absolute Gasteiger partial charge is 0.573 e. The van der Waals surface area contributed by atoms with Gasteiger partial charge in [-0.05, 0) is 41.8 Å². The van der Waals surface area contributed by atoms with Gasteiger partial charge < -0.3 is 14.2 Å². The second kappa shape index (κ2) is 9.78. The van der Waals surface area contributed by atoms with Gasteiger partial charge in [0, 0.05) is 23.4 Å². The lowest BCUT2D eigenvalue weighted by Gasteiger charge is -2.20. The minimum absolute atomic E-state index is 0.0328. The number of ether oxygens (including phenoxy) is 3. The normalized spacial score (nSPS) is 11.8.